The lowest BCUT2D eigenvalue weighted by Gasteiger charge is -2.05. The molecule has 4 aromatic rings. The lowest BCUT2D eigenvalue weighted by atomic mass is 10.2. The lowest BCUT2D eigenvalue weighted by Crippen LogP contribution is -1.89. The summed E-state index contributed by atoms with van der Waals surface area (Å²) in [7, 11) is 1.60. The van der Waals surface area contributed by atoms with Crippen LogP contribution >= 0.6 is 23.4 Å². The fourth-order valence-electron chi connectivity index (χ4n) is 2.52. The number of benzene rings is 2. The first-order valence-electron chi connectivity index (χ1n) is 8.12. The summed E-state index contributed by atoms with van der Waals surface area (Å²) in [5.74, 6) is 2.48. The van der Waals surface area contributed by atoms with E-state index in [-0.39, 0.29) is 0 Å². The van der Waals surface area contributed by atoms with Gasteiger partial charge < -0.3 is 9.15 Å². The molecule has 0 spiro atoms. The maximum atomic E-state index is 6.08. The van der Waals surface area contributed by atoms with Crippen molar-refractivity contribution in [3.05, 3.63) is 65.5 Å². The van der Waals surface area contributed by atoms with Gasteiger partial charge in [-0.1, -0.05) is 41.6 Å². The second kappa shape index (κ2) is 7.85. The molecule has 2 aromatic carbocycles. The summed E-state index contributed by atoms with van der Waals surface area (Å²) in [6.07, 6.45) is 1.66. The van der Waals surface area contributed by atoms with Crippen molar-refractivity contribution < 1.29 is 9.15 Å². The van der Waals surface area contributed by atoms with Crippen LogP contribution in [-0.4, -0.2) is 27.3 Å². The number of H-pyrrole nitrogens is 1. The van der Waals surface area contributed by atoms with Crippen LogP contribution in [0.3, 0.4) is 0 Å². The number of halogens is 1. The summed E-state index contributed by atoms with van der Waals surface area (Å²) in [6.45, 7) is 0. The van der Waals surface area contributed by atoms with Gasteiger partial charge in [0.15, 0.2) is 5.82 Å². The van der Waals surface area contributed by atoms with E-state index in [9.17, 15) is 0 Å². The van der Waals surface area contributed by atoms with Crippen molar-refractivity contribution in [2.24, 2.45) is 0 Å². The van der Waals surface area contributed by atoms with Crippen molar-refractivity contribution in [1.29, 1.82) is 0 Å². The second-order valence-corrected chi connectivity index (χ2v) is 6.99. The van der Waals surface area contributed by atoms with Crippen LogP contribution in [0.4, 0.5) is 0 Å². The predicted octanol–water partition coefficient (Wildman–Crippen LogP) is 5.08. The molecule has 0 radical (unpaired) electrons. The number of thioether (sulfide) groups is 1. The van der Waals surface area contributed by atoms with Crippen LogP contribution in [0.2, 0.25) is 5.02 Å². The average molecular weight is 399 g/mol. The summed E-state index contributed by atoms with van der Waals surface area (Å²) >= 11 is 7.55. The second-order valence-electron chi connectivity index (χ2n) is 5.61. The first-order chi connectivity index (χ1) is 13.2. The standard InChI is InChI=1S/C19H15ClN4O2S/c1-25-16-8-7-13(20)9-15(16)17-22-19(24-23-17)27-11-14-10-26-18(21-14)12-5-3-2-4-6-12/h2-10H,11H2,1H3,(H,22,23,24). The molecule has 6 nitrogen and oxygen atoms in total. The largest absolute Gasteiger partial charge is 0.496 e. The monoisotopic (exact) mass is 398 g/mol. The average Bonchev–Trinajstić information content (AvgIpc) is 3.37. The Labute approximate surface area is 165 Å². The molecule has 0 fully saturated rings. The Bertz CT molecular complexity index is 1050. The van der Waals surface area contributed by atoms with Gasteiger partial charge in [0.05, 0.1) is 18.4 Å². The van der Waals surface area contributed by atoms with Gasteiger partial charge in [0.2, 0.25) is 11.0 Å². The Hall–Kier alpha value is -2.77. The van der Waals surface area contributed by atoms with Crippen molar-refractivity contribution in [3.8, 4) is 28.6 Å². The van der Waals surface area contributed by atoms with E-state index in [1.165, 1.54) is 11.8 Å². The summed E-state index contributed by atoms with van der Waals surface area (Å²) in [5, 5.41) is 8.39. The normalized spacial score (nSPS) is 10.9. The number of nitrogens with one attached hydrogen (secondary N) is 1. The highest BCUT2D eigenvalue weighted by atomic mass is 35.5. The van der Waals surface area contributed by atoms with E-state index in [0.717, 1.165) is 16.8 Å². The molecule has 8 heteroatoms. The van der Waals surface area contributed by atoms with Gasteiger partial charge >= 0.3 is 0 Å². The molecule has 2 aromatic heterocycles. The molecule has 0 aliphatic heterocycles. The highest BCUT2D eigenvalue weighted by Gasteiger charge is 2.13. The van der Waals surface area contributed by atoms with Gasteiger partial charge in [-0.05, 0) is 30.3 Å². The van der Waals surface area contributed by atoms with Crippen LogP contribution in [-0.2, 0) is 5.75 Å². The molecule has 1 N–H and O–H groups in total. The lowest BCUT2D eigenvalue weighted by molar-refractivity contribution is 0.416. The van der Waals surface area contributed by atoms with Crippen molar-refractivity contribution in [2.75, 3.05) is 7.11 Å². The third-order valence-corrected chi connectivity index (χ3v) is 4.92. The highest BCUT2D eigenvalue weighted by Crippen LogP contribution is 2.31. The van der Waals surface area contributed by atoms with Crippen molar-refractivity contribution >= 4 is 23.4 Å². The van der Waals surface area contributed by atoms with Gasteiger partial charge in [0.25, 0.3) is 0 Å². The number of aromatic nitrogens is 4. The summed E-state index contributed by atoms with van der Waals surface area (Å²) in [4.78, 5) is 9.02. The molecule has 0 aliphatic carbocycles. The van der Waals surface area contributed by atoms with Crippen LogP contribution in [0, 0.1) is 0 Å². The fourth-order valence-corrected chi connectivity index (χ4v) is 3.37. The molecule has 0 amide bonds. The zero-order valence-electron chi connectivity index (χ0n) is 14.3. The van der Waals surface area contributed by atoms with Crippen molar-refractivity contribution in [2.45, 2.75) is 10.9 Å². The number of ether oxygens (including phenoxy) is 1. The Morgan fingerprint density at radius 1 is 1.15 bits per heavy atom. The number of nitrogens with zero attached hydrogens (tertiary/aromatic N) is 3. The zero-order valence-corrected chi connectivity index (χ0v) is 15.9. The van der Waals surface area contributed by atoms with Crippen molar-refractivity contribution in [3.63, 3.8) is 0 Å². The van der Waals surface area contributed by atoms with Gasteiger partial charge in [0, 0.05) is 16.3 Å². The molecular weight excluding hydrogens is 384 g/mol. The maximum absolute atomic E-state index is 6.08. The quantitative estimate of drug-likeness (QED) is 0.456. The molecule has 27 heavy (non-hydrogen) atoms. The minimum absolute atomic E-state index is 0.598. The summed E-state index contributed by atoms with van der Waals surface area (Å²) < 4.78 is 10.9. The highest BCUT2D eigenvalue weighted by molar-refractivity contribution is 7.98. The van der Waals surface area contributed by atoms with Crippen LogP contribution < -0.4 is 4.74 Å². The molecule has 0 aliphatic rings. The van der Waals surface area contributed by atoms with Crippen molar-refractivity contribution in [1.82, 2.24) is 20.2 Å². The Morgan fingerprint density at radius 2 is 2.00 bits per heavy atom. The van der Waals surface area contributed by atoms with Crippen LogP contribution in [0.1, 0.15) is 5.69 Å². The molecule has 0 saturated heterocycles. The molecule has 4 rings (SSSR count). The molecule has 0 bridgehead atoms. The van der Waals surface area contributed by atoms with Gasteiger partial charge in [-0.3, -0.25) is 5.10 Å². The number of oxazole rings is 1. The SMILES string of the molecule is COc1ccc(Cl)cc1-c1nc(SCc2coc(-c3ccccc3)n2)n[nH]1. The first kappa shape index (κ1) is 17.6. The van der Waals surface area contributed by atoms with Crippen LogP contribution in [0.25, 0.3) is 22.8 Å². The van der Waals surface area contributed by atoms with E-state index in [1.54, 1.807) is 31.6 Å². The first-order valence-corrected chi connectivity index (χ1v) is 9.48. The Balaban J connectivity index is 1.46. The van der Waals surface area contributed by atoms with Gasteiger partial charge in [-0.2, -0.15) is 0 Å². The Morgan fingerprint density at radius 3 is 2.81 bits per heavy atom. The van der Waals surface area contributed by atoms with E-state index in [0.29, 0.717) is 33.4 Å². The number of rotatable bonds is 6. The van der Waals surface area contributed by atoms with E-state index >= 15 is 0 Å². The van der Waals surface area contributed by atoms with Gasteiger partial charge in [0.1, 0.15) is 12.0 Å². The van der Waals surface area contributed by atoms with Gasteiger partial charge in [-0.15, -0.1) is 5.10 Å². The van der Waals surface area contributed by atoms with E-state index in [2.05, 4.69) is 20.2 Å². The van der Waals surface area contributed by atoms with Crippen LogP contribution in [0.5, 0.6) is 5.75 Å². The number of hydrogen-bond acceptors (Lipinski definition) is 6. The minimum Gasteiger partial charge on any atom is -0.496 e. The predicted molar refractivity (Wildman–Crippen MR) is 105 cm³/mol. The van der Waals surface area contributed by atoms with Crippen LogP contribution in [0.15, 0.2) is 64.4 Å². The Kier molecular flexibility index (Phi) is 5.13. The van der Waals surface area contributed by atoms with Gasteiger partial charge in [-0.25, -0.2) is 9.97 Å². The molecule has 0 unspecified atom stereocenters. The summed E-state index contributed by atoms with van der Waals surface area (Å²) in [6, 6.07) is 15.1. The smallest absolute Gasteiger partial charge is 0.226 e. The number of hydrogen-bond donors (Lipinski definition) is 1. The topological polar surface area (TPSA) is 76.8 Å². The zero-order chi connectivity index (χ0) is 18.6. The summed E-state index contributed by atoms with van der Waals surface area (Å²) in [5.41, 5.74) is 2.53. The molecular formula is C19H15ClN4O2S. The maximum Gasteiger partial charge on any atom is 0.226 e. The number of aromatic amines is 1. The molecule has 0 atom stereocenters. The van der Waals surface area contributed by atoms with E-state index in [4.69, 9.17) is 20.8 Å². The third-order valence-electron chi connectivity index (χ3n) is 3.80. The fraction of sp³-hybridized carbons (Fsp3) is 0.105. The minimum atomic E-state index is 0.598. The number of methoxy groups -OCH3 is 1. The molecule has 136 valence electrons. The van der Waals surface area contributed by atoms with E-state index in [1.807, 2.05) is 30.3 Å². The van der Waals surface area contributed by atoms with E-state index < -0.39 is 0 Å². The third kappa shape index (κ3) is 3.99. The molecule has 2 heterocycles. The molecule has 0 saturated carbocycles.